The van der Waals surface area contributed by atoms with Crippen LogP contribution >= 0.6 is 0 Å². The molecular weight excluding hydrogens is 259 g/mol. The van der Waals surface area contributed by atoms with E-state index < -0.39 is 0 Å². The van der Waals surface area contributed by atoms with Gasteiger partial charge in [0.2, 0.25) is 5.91 Å². The van der Waals surface area contributed by atoms with Gasteiger partial charge in [-0.1, -0.05) is 18.2 Å². The number of nitrogens with one attached hydrogen (secondary N) is 1. The van der Waals surface area contributed by atoms with Gasteiger partial charge in [-0.05, 0) is 23.8 Å². The fraction of sp³-hybridized carbons (Fsp3) is 0.200. The number of carbonyl (C=O) groups excluding carboxylic acids is 1. The van der Waals surface area contributed by atoms with Crippen molar-refractivity contribution in [1.29, 1.82) is 0 Å². The number of benzene rings is 1. The standard InChI is InChI=1S/C15H15FN2O2/c1-18-8-2-3-12(15(18)20)10-17-14(19)9-11-4-6-13(16)7-5-11/h2-8H,9-10H2,1H3,(H,17,19). The molecule has 1 aromatic heterocycles. The molecule has 0 atom stereocenters. The molecule has 0 unspecified atom stereocenters. The zero-order valence-corrected chi connectivity index (χ0v) is 11.1. The van der Waals surface area contributed by atoms with Gasteiger partial charge in [-0.2, -0.15) is 0 Å². The van der Waals surface area contributed by atoms with Crippen LogP contribution in [0.3, 0.4) is 0 Å². The lowest BCUT2D eigenvalue weighted by Gasteiger charge is -2.06. The number of halogens is 1. The minimum absolute atomic E-state index is 0.130. The molecule has 1 heterocycles. The Labute approximate surface area is 115 Å². The Hall–Kier alpha value is -2.43. The van der Waals surface area contributed by atoms with Crippen molar-refractivity contribution in [1.82, 2.24) is 9.88 Å². The van der Waals surface area contributed by atoms with Crippen molar-refractivity contribution in [2.75, 3.05) is 0 Å². The Bertz CT molecular complexity index is 662. The second-order valence-corrected chi connectivity index (χ2v) is 4.53. The van der Waals surface area contributed by atoms with Crippen molar-refractivity contribution in [2.24, 2.45) is 7.05 Å². The molecule has 0 radical (unpaired) electrons. The lowest BCUT2D eigenvalue weighted by molar-refractivity contribution is -0.120. The molecule has 2 aromatic rings. The summed E-state index contributed by atoms with van der Waals surface area (Å²) in [4.78, 5) is 23.5. The van der Waals surface area contributed by atoms with Crippen molar-refractivity contribution < 1.29 is 9.18 Å². The van der Waals surface area contributed by atoms with E-state index in [-0.39, 0.29) is 30.2 Å². The summed E-state index contributed by atoms with van der Waals surface area (Å²) in [6.45, 7) is 0.188. The molecule has 0 bridgehead atoms. The van der Waals surface area contributed by atoms with Crippen LogP contribution in [-0.4, -0.2) is 10.5 Å². The summed E-state index contributed by atoms with van der Waals surface area (Å²) < 4.78 is 14.2. The molecule has 5 heteroatoms. The highest BCUT2D eigenvalue weighted by atomic mass is 19.1. The predicted molar refractivity (Wildman–Crippen MR) is 73.6 cm³/mol. The minimum Gasteiger partial charge on any atom is -0.352 e. The lowest BCUT2D eigenvalue weighted by Crippen LogP contribution is -2.29. The minimum atomic E-state index is -0.332. The van der Waals surface area contributed by atoms with E-state index in [9.17, 15) is 14.0 Å². The molecule has 0 fully saturated rings. The summed E-state index contributed by atoms with van der Waals surface area (Å²) in [5.41, 5.74) is 1.13. The predicted octanol–water partition coefficient (Wildman–Crippen LogP) is 1.38. The number of pyridine rings is 1. The second kappa shape index (κ2) is 6.14. The molecule has 2 rings (SSSR count). The van der Waals surface area contributed by atoms with Gasteiger partial charge in [0.1, 0.15) is 5.82 Å². The van der Waals surface area contributed by atoms with E-state index in [1.807, 2.05) is 0 Å². The third kappa shape index (κ3) is 3.54. The number of aromatic nitrogens is 1. The third-order valence-electron chi connectivity index (χ3n) is 2.96. The average molecular weight is 274 g/mol. The molecule has 0 saturated heterocycles. The molecule has 0 saturated carbocycles. The Morgan fingerprint density at radius 3 is 2.65 bits per heavy atom. The van der Waals surface area contributed by atoms with Crippen LogP contribution in [0.25, 0.3) is 0 Å². The first kappa shape index (κ1) is 14.0. The lowest BCUT2D eigenvalue weighted by atomic mass is 10.1. The van der Waals surface area contributed by atoms with Crippen LogP contribution in [0.1, 0.15) is 11.1 Å². The van der Waals surface area contributed by atoms with Crippen LogP contribution in [0, 0.1) is 5.82 Å². The summed E-state index contributed by atoms with van der Waals surface area (Å²) in [5.74, 6) is -0.538. The van der Waals surface area contributed by atoms with E-state index in [4.69, 9.17) is 0 Å². The number of aryl methyl sites for hydroxylation is 1. The second-order valence-electron chi connectivity index (χ2n) is 4.53. The van der Waals surface area contributed by atoms with Crippen molar-refractivity contribution >= 4 is 5.91 Å². The number of hydrogen-bond acceptors (Lipinski definition) is 2. The molecule has 0 spiro atoms. The molecule has 1 amide bonds. The molecule has 4 nitrogen and oxygen atoms in total. The number of hydrogen-bond donors (Lipinski definition) is 1. The quantitative estimate of drug-likeness (QED) is 0.916. The molecule has 1 aromatic carbocycles. The maximum atomic E-state index is 12.7. The van der Waals surface area contributed by atoms with Gasteiger partial charge < -0.3 is 9.88 Å². The van der Waals surface area contributed by atoms with E-state index >= 15 is 0 Å². The average Bonchev–Trinajstić information content (AvgIpc) is 2.43. The fourth-order valence-corrected chi connectivity index (χ4v) is 1.83. The molecule has 0 aliphatic carbocycles. The van der Waals surface area contributed by atoms with Crippen LogP contribution in [0.15, 0.2) is 47.4 Å². The Kier molecular flexibility index (Phi) is 4.30. The highest BCUT2D eigenvalue weighted by Crippen LogP contribution is 2.03. The van der Waals surface area contributed by atoms with Crippen LogP contribution in [0.5, 0.6) is 0 Å². The smallest absolute Gasteiger partial charge is 0.255 e. The third-order valence-corrected chi connectivity index (χ3v) is 2.96. The van der Waals surface area contributed by atoms with Gasteiger partial charge in [0, 0.05) is 25.4 Å². The van der Waals surface area contributed by atoms with Gasteiger partial charge >= 0.3 is 0 Å². The van der Waals surface area contributed by atoms with Crippen LogP contribution in [0.4, 0.5) is 4.39 Å². The summed E-state index contributed by atoms with van der Waals surface area (Å²) in [6.07, 6.45) is 1.82. The van der Waals surface area contributed by atoms with Crippen molar-refractivity contribution in [3.05, 3.63) is 69.9 Å². The van der Waals surface area contributed by atoms with Crippen molar-refractivity contribution in [3.8, 4) is 0 Å². The first-order valence-electron chi connectivity index (χ1n) is 6.22. The Morgan fingerprint density at radius 2 is 1.95 bits per heavy atom. The largest absolute Gasteiger partial charge is 0.352 e. The molecular formula is C15H15FN2O2. The van der Waals surface area contributed by atoms with Gasteiger partial charge in [-0.3, -0.25) is 9.59 Å². The van der Waals surface area contributed by atoms with E-state index in [1.54, 1.807) is 37.5 Å². The van der Waals surface area contributed by atoms with Crippen LogP contribution in [0.2, 0.25) is 0 Å². The maximum absolute atomic E-state index is 12.7. The SMILES string of the molecule is Cn1cccc(CNC(=O)Cc2ccc(F)cc2)c1=O. The van der Waals surface area contributed by atoms with Crippen LogP contribution < -0.4 is 10.9 Å². The first-order chi connectivity index (χ1) is 9.56. The summed E-state index contributed by atoms with van der Waals surface area (Å²) in [5, 5.41) is 2.68. The fourth-order valence-electron chi connectivity index (χ4n) is 1.83. The highest BCUT2D eigenvalue weighted by molar-refractivity contribution is 5.78. The van der Waals surface area contributed by atoms with Crippen molar-refractivity contribution in [3.63, 3.8) is 0 Å². The highest BCUT2D eigenvalue weighted by Gasteiger charge is 2.06. The zero-order chi connectivity index (χ0) is 14.5. The van der Waals surface area contributed by atoms with E-state index in [2.05, 4.69) is 5.32 Å². The van der Waals surface area contributed by atoms with Gasteiger partial charge in [-0.15, -0.1) is 0 Å². The number of carbonyl (C=O) groups is 1. The monoisotopic (exact) mass is 274 g/mol. The van der Waals surface area contributed by atoms with Gasteiger partial charge in [0.05, 0.1) is 6.42 Å². The van der Waals surface area contributed by atoms with Crippen LogP contribution in [-0.2, 0) is 24.8 Å². The van der Waals surface area contributed by atoms with Gasteiger partial charge in [0.25, 0.3) is 5.56 Å². The summed E-state index contributed by atoms with van der Waals surface area (Å²) >= 11 is 0. The first-order valence-corrected chi connectivity index (χ1v) is 6.22. The number of nitrogens with zero attached hydrogens (tertiary/aromatic N) is 1. The summed E-state index contributed by atoms with van der Waals surface area (Å²) in [7, 11) is 1.66. The maximum Gasteiger partial charge on any atom is 0.255 e. The van der Waals surface area contributed by atoms with E-state index in [0.29, 0.717) is 5.56 Å². The van der Waals surface area contributed by atoms with Crippen molar-refractivity contribution in [2.45, 2.75) is 13.0 Å². The van der Waals surface area contributed by atoms with E-state index in [0.717, 1.165) is 5.56 Å². The normalized spacial score (nSPS) is 10.3. The molecule has 1 N–H and O–H groups in total. The zero-order valence-electron chi connectivity index (χ0n) is 11.1. The molecule has 0 aliphatic rings. The van der Waals surface area contributed by atoms with Gasteiger partial charge in [-0.25, -0.2) is 4.39 Å². The molecule has 104 valence electrons. The number of amides is 1. The molecule has 20 heavy (non-hydrogen) atoms. The topological polar surface area (TPSA) is 51.1 Å². The van der Waals surface area contributed by atoms with E-state index in [1.165, 1.54) is 16.7 Å². The summed E-state index contributed by atoms with van der Waals surface area (Å²) in [6, 6.07) is 9.20. The Balaban J connectivity index is 1.94. The Morgan fingerprint density at radius 1 is 1.25 bits per heavy atom. The number of rotatable bonds is 4. The van der Waals surface area contributed by atoms with Gasteiger partial charge in [0.15, 0.2) is 0 Å². The molecule has 0 aliphatic heterocycles.